The van der Waals surface area contributed by atoms with E-state index in [1.165, 1.54) is 16.2 Å². The number of nitrogens with zero attached hydrogens (tertiary/aromatic N) is 2. The molecule has 0 atom stereocenters. The molecule has 0 saturated heterocycles. The number of aromatic nitrogens is 2. The van der Waals surface area contributed by atoms with Crippen molar-refractivity contribution < 1.29 is 14.5 Å². The number of methoxy groups -OCH3 is 1. The van der Waals surface area contributed by atoms with Crippen LogP contribution < -0.4 is 9.42 Å². The van der Waals surface area contributed by atoms with E-state index in [1.807, 2.05) is 24.3 Å². The van der Waals surface area contributed by atoms with Gasteiger partial charge in [0.05, 0.1) is 11.6 Å². The van der Waals surface area contributed by atoms with Gasteiger partial charge in [-0.25, -0.2) is 0 Å². The Balaban J connectivity index is 2.39. The second kappa shape index (κ2) is 3.63. The number of benzene rings is 1. The van der Waals surface area contributed by atoms with E-state index in [0.717, 1.165) is 11.4 Å². The Morgan fingerprint density at radius 2 is 2.07 bits per heavy atom. The van der Waals surface area contributed by atoms with Gasteiger partial charge in [0.2, 0.25) is 5.69 Å². The molecule has 72 valence electrons. The molecule has 0 aliphatic heterocycles. The summed E-state index contributed by atoms with van der Waals surface area (Å²) in [5.74, 6) is 0.921. The van der Waals surface area contributed by atoms with Crippen LogP contribution >= 0.6 is 11.5 Å². The van der Waals surface area contributed by atoms with Gasteiger partial charge in [-0.05, 0) is 12.1 Å². The molecule has 1 aromatic heterocycles. The van der Waals surface area contributed by atoms with Crippen molar-refractivity contribution in [2.24, 2.45) is 0 Å². The maximum absolute atomic E-state index is 9.41. The second-order valence-electron chi connectivity index (χ2n) is 2.67. The summed E-state index contributed by atoms with van der Waals surface area (Å²) in [5.41, 5.74) is 0.810. The minimum atomic E-state index is 0.139. The van der Waals surface area contributed by atoms with Gasteiger partial charge in [-0.3, -0.25) is 0 Å². The van der Waals surface area contributed by atoms with Crippen LogP contribution in [0.2, 0.25) is 0 Å². The lowest BCUT2D eigenvalue weighted by Crippen LogP contribution is -2.31. The highest BCUT2D eigenvalue weighted by Crippen LogP contribution is 2.13. The number of hydrogen-bond acceptors (Lipinski definition) is 4. The summed E-state index contributed by atoms with van der Waals surface area (Å²) in [5, 5.41) is 11.0. The summed E-state index contributed by atoms with van der Waals surface area (Å²) >= 11 is 1.20. The molecule has 0 unspecified atom stereocenters. The van der Waals surface area contributed by atoms with Crippen molar-refractivity contribution in [2.45, 2.75) is 0 Å². The highest BCUT2D eigenvalue weighted by atomic mass is 32.1. The van der Waals surface area contributed by atoms with Gasteiger partial charge in [-0.1, -0.05) is 0 Å². The van der Waals surface area contributed by atoms with Crippen LogP contribution in [0, 0.1) is 0 Å². The zero-order chi connectivity index (χ0) is 9.97. The first-order valence-electron chi connectivity index (χ1n) is 4.01. The molecule has 0 aliphatic rings. The van der Waals surface area contributed by atoms with Crippen LogP contribution in [0.15, 0.2) is 29.6 Å². The fraction of sp³-hybridized carbons (Fsp3) is 0.111. The molecule has 0 spiro atoms. The van der Waals surface area contributed by atoms with E-state index in [-0.39, 0.29) is 5.88 Å². The second-order valence-corrected chi connectivity index (χ2v) is 3.28. The molecule has 14 heavy (non-hydrogen) atoms. The van der Waals surface area contributed by atoms with Crippen molar-refractivity contribution in [2.75, 3.05) is 7.11 Å². The lowest BCUT2D eigenvalue weighted by atomic mass is 10.3. The molecule has 1 heterocycles. The zero-order valence-electron chi connectivity index (χ0n) is 7.54. The van der Waals surface area contributed by atoms with E-state index in [1.54, 1.807) is 12.5 Å². The molecule has 1 aromatic carbocycles. The van der Waals surface area contributed by atoms with Crippen LogP contribution in [-0.2, 0) is 0 Å². The van der Waals surface area contributed by atoms with Crippen molar-refractivity contribution >= 4 is 11.5 Å². The largest absolute Gasteiger partial charge is 0.497 e. The Labute approximate surface area is 85.2 Å². The summed E-state index contributed by atoms with van der Waals surface area (Å²) in [6.07, 6.45) is 0. The summed E-state index contributed by atoms with van der Waals surface area (Å²) < 4.78 is 10.5. The number of aromatic hydroxyl groups is 1. The van der Waals surface area contributed by atoms with Crippen LogP contribution in [0.1, 0.15) is 0 Å². The van der Waals surface area contributed by atoms with Gasteiger partial charge in [-0.15, -0.1) is 0 Å². The fourth-order valence-corrected chi connectivity index (χ4v) is 1.63. The summed E-state index contributed by atoms with van der Waals surface area (Å²) in [7, 11) is 1.61. The monoisotopic (exact) mass is 209 g/mol. The minimum Gasteiger partial charge on any atom is -0.497 e. The van der Waals surface area contributed by atoms with Crippen LogP contribution in [0.3, 0.4) is 0 Å². The number of ether oxygens (including phenoxy) is 1. The van der Waals surface area contributed by atoms with Gasteiger partial charge in [-0.2, -0.15) is 0 Å². The minimum absolute atomic E-state index is 0.139. The first-order valence-corrected chi connectivity index (χ1v) is 4.85. The molecule has 0 aliphatic carbocycles. The van der Waals surface area contributed by atoms with Gasteiger partial charge in [0.25, 0.3) is 0 Å². The number of hydrogen-bond donors (Lipinski definition) is 1. The van der Waals surface area contributed by atoms with E-state index in [9.17, 15) is 5.11 Å². The van der Waals surface area contributed by atoms with E-state index in [0.29, 0.717) is 0 Å². The third-order valence-corrected chi connectivity index (χ3v) is 2.39. The average molecular weight is 209 g/mol. The molecular formula is C9H9N2O2S+. The van der Waals surface area contributed by atoms with Crippen molar-refractivity contribution in [3.8, 4) is 17.3 Å². The van der Waals surface area contributed by atoms with Gasteiger partial charge < -0.3 is 9.84 Å². The molecule has 0 radical (unpaired) electrons. The van der Waals surface area contributed by atoms with E-state index < -0.39 is 0 Å². The Bertz CT molecular complexity index is 425. The van der Waals surface area contributed by atoms with Crippen molar-refractivity contribution in [3.63, 3.8) is 0 Å². The van der Waals surface area contributed by atoms with Gasteiger partial charge in [0.1, 0.15) is 11.1 Å². The van der Waals surface area contributed by atoms with Gasteiger partial charge in [0.15, 0.2) is 0 Å². The van der Waals surface area contributed by atoms with Crippen molar-refractivity contribution in [1.29, 1.82) is 0 Å². The molecule has 0 amide bonds. The Hall–Kier alpha value is -1.62. The third kappa shape index (κ3) is 1.54. The topological polar surface area (TPSA) is 46.2 Å². The van der Waals surface area contributed by atoms with E-state index in [2.05, 4.69) is 4.49 Å². The average Bonchev–Trinajstić information content (AvgIpc) is 2.65. The molecule has 0 bridgehead atoms. The van der Waals surface area contributed by atoms with Crippen LogP contribution in [0.25, 0.3) is 5.69 Å². The molecule has 2 aromatic rings. The van der Waals surface area contributed by atoms with E-state index >= 15 is 0 Å². The summed E-state index contributed by atoms with van der Waals surface area (Å²) in [6, 6.07) is 7.30. The maximum Gasteiger partial charge on any atom is 0.409 e. The zero-order valence-corrected chi connectivity index (χ0v) is 8.36. The third-order valence-electron chi connectivity index (χ3n) is 1.82. The van der Waals surface area contributed by atoms with Crippen LogP contribution in [0.5, 0.6) is 11.6 Å². The molecule has 0 fully saturated rings. The summed E-state index contributed by atoms with van der Waals surface area (Å²) in [6.45, 7) is 0. The predicted octanol–water partition coefficient (Wildman–Crippen LogP) is 1.13. The quantitative estimate of drug-likeness (QED) is 0.754. The molecule has 5 heteroatoms. The Kier molecular flexibility index (Phi) is 2.32. The van der Waals surface area contributed by atoms with Crippen LogP contribution in [-0.4, -0.2) is 16.7 Å². The maximum atomic E-state index is 9.41. The highest BCUT2D eigenvalue weighted by molar-refractivity contribution is 7.03. The normalized spacial score (nSPS) is 10.1. The number of rotatable bonds is 2. The molecule has 4 nitrogen and oxygen atoms in total. The first-order chi connectivity index (χ1) is 6.81. The van der Waals surface area contributed by atoms with Crippen molar-refractivity contribution in [1.82, 2.24) is 4.49 Å². The lowest BCUT2D eigenvalue weighted by Gasteiger charge is -1.96. The standard InChI is InChI=1S/C9H8N2O2S/c1-13-8-4-2-7(3-5-8)11-9(12)6-14-10-11/h2-6H,1H3/p+1. The molecular weight excluding hydrogens is 200 g/mol. The van der Waals surface area contributed by atoms with Crippen molar-refractivity contribution in [3.05, 3.63) is 29.6 Å². The fourth-order valence-electron chi connectivity index (χ4n) is 1.11. The SMILES string of the molecule is COc1ccc(-[n+]2nscc2O)cc1. The predicted molar refractivity (Wildman–Crippen MR) is 51.9 cm³/mol. The Morgan fingerprint density at radius 3 is 2.57 bits per heavy atom. The molecule has 1 N–H and O–H groups in total. The van der Waals surface area contributed by atoms with Gasteiger partial charge >= 0.3 is 5.88 Å². The highest BCUT2D eigenvalue weighted by Gasteiger charge is 2.16. The first kappa shape index (κ1) is 8.96. The molecule has 2 rings (SSSR count). The molecule has 0 saturated carbocycles. The van der Waals surface area contributed by atoms with Gasteiger partial charge in [0, 0.05) is 28.3 Å². The summed E-state index contributed by atoms with van der Waals surface area (Å²) in [4.78, 5) is 0. The lowest BCUT2D eigenvalue weighted by molar-refractivity contribution is -0.657. The van der Waals surface area contributed by atoms with Crippen LogP contribution in [0.4, 0.5) is 0 Å². The Morgan fingerprint density at radius 1 is 1.36 bits per heavy atom. The smallest absolute Gasteiger partial charge is 0.409 e. The van der Waals surface area contributed by atoms with E-state index in [4.69, 9.17) is 4.74 Å².